The number of halogens is 4. The number of hydrogen-bond donors (Lipinski definition) is 1. The molecule has 1 aromatic carbocycles. The molecule has 0 aliphatic heterocycles. The van der Waals surface area contributed by atoms with Crippen LogP contribution >= 0.6 is 0 Å². The van der Waals surface area contributed by atoms with E-state index in [-0.39, 0.29) is 11.8 Å². The van der Waals surface area contributed by atoms with E-state index in [9.17, 15) is 22.4 Å². The topological polar surface area (TPSA) is 55.1 Å². The van der Waals surface area contributed by atoms with E-state index >= 15 is 0 Å². The number of carboxylic acid groups (broad SMARTS) is 1. The number of hydrogen-bond acceptors (Lipinski definition) is 2. The molecule has 0 fully saturated rings. The van der Waals surface area contributed by atoms with Crippen molar-refractivity contribution in [2.24, 2.45) is 7.05 Å². The Hall–Kier alpha value is -2.38. The first-order valence-electron chi connectivity index (χ1n) is 5.34. The Labute approximate surface area is 110 Å². The fourth-order valence-corrected chi connectivity index (χ4v) is 1.74. The molecule has 0 saturated carbocycles. The smallest absolute Gasteiger partial charge is 0.417 e. The first kappa shape index (κ1) is 14.0. The standard InChI is InChI=1S/C12H8F4N2O2/c1-18-3-2-10(17-18)6-4-7(11(19)20)9(13)5-8(6)12(14,15)16/h2-5H,1H3,(H,19,20). The van der Waals surface area contributed by atoms with Crippen molar-refractivity contribution in [2.45, 2.75) is 6.18 Å². The summed E-state index contributed by atoms with van der Waals surface area (Å²) >= 11 is 0. The summed E-state index contributed by atoms with van der Waals surface area (Å²) in [6.07, 6.45) is -3.41. The third kappa shape index (κ3) is 2.49. The van der Waals surface area contributed by atoms with Gasteiger partial charge in [0.25, 0.3) is 0 Å². The molecule has 1 N–H and O–H groups in total. The normalized spacial score (nSPS) is 11.7. The van der Waals surface area contributed by atoms with E-state index in [1.807, 2.05) is 0 Å². The van der Waals surface area contributed by atoms with Crippen LogP contribution < -0.4 is 0 Å². The van der Waals surface area contributed by atoms with Crippen LogP contribution in [0, 0.1) is 5.82 Å². The molecule has 106 valence electrons. The van der Waals surface area contributed by atoms with Crippen LogP contribution in [0.1, 0.15) is 15.9 Å². The molecule has 1 aromatic heterocycles. The Kier molecular flexibility index (Phi) is 3.24. The molecule has 1 heterocycles. The number of aryl methyl sites for hydroxylation is 1. The zero-order valence-corrected chi connectivity index (χ0v) is 10.1. The largest absolute Gasteiger partial charge is 0.478 e. The molecular formula is C12H8F4N2O2. The van der Waals surface area contributed by atoms with Crippen LogP contribution in [0.25, 0.3) is 11.3 Å². The minimum atomic E-state index is -4.81. The Balaban J connectivity index is 2.75. The monoisotopic (exact) mass is 288 g/mol. The molecule has 0 radical (unpaired) electrons. The minimum absolute atomic E-state index is 0.0812. The predicted molar refractivity (Wildman–Crippen MR) is 60.6 cm³/mol. The van der Waals surface area contributed by atoms with E-state index in [2.05, 4.69) is 5.10 Å². The van der Waals surface area contributed by atoms with Crippen LogP contribution in [-0.4, -0.2) is 20.9 Å². The third-order valence-electron chi connectivity index (χ3n) is 2.63. The maximum atomic E-state index is 13.4. The summed E-state index contributed by atoms with van der Waals surface area (Å²) in [5.74, 6) is -3.09. The van der Waals surface area contributed by atoms with Gasteiger partial charge in [-0.05, 0) is 18.2 Å². The minimum Gasteiger partial charge on any atom is -0.478 e. The molecule has 0 saturated heterocycles. The molecule has 4 nitrogen and oxygen atoms in total. The zero-order valence-electron chi connectivity index (χ0n) is 10.1. The fraction of sp³-hybridized carbons (Fsp3) is 0.167. The lowest BCUT2D eigenvalue weighted by atomic mass is 10.0. The summed E-state index contributed by atoms with van der Waals surface area (Å²) in [5.41, 5.74) is -2.66. The third-order valence-corrected chi connectivity index (χ3v) is 2.63. The van der Waals surface area contributed by atoms with Gasteiger partial charge in [-0.3, -0.25) is 4.68 Å². The molecule has 0 spiro atoms. The van der Waals surface area contributed by atoms with Gasteiger partial charge in [-0.25, -0.2) is 9.18 Å². The highest BCUT2D eigenvalue weighted by Gasteiger charge is 2.36. The molecule has 0 amide bonds. The molecule has 20 heavy (non-hydrogen) atoms. The van der Waals surface area contributed by atoms with Crippen LogP contribution in [0.3, 0.4) is 0 Å². The van der Waals surface area contributed by atoms with E-state index in [0.717, 1.165) is 0 Å². The average molecular weight is 288 g/mol. The summed E-state index contributed by atoms with van der Waals surface area (Å²) in [4.78, 5) is 10.8. The highest BCUT2D eigenvalue weighted by Crippen LogP contribution is 2.37. The fourth-order valence-electron chi connectivity index (χ4n) is 1.74. The van der Waals surface area contributed by atoms with Crippen LogP contribution in [0.2, 0.25) is 0 Å². The van der Waals surface area contributed by atoms with Gasteiger partial charge in [-0.15, -0.1) is 0 Å². The van der Waals surface area contributed by atoms with E-state index in [4.69, 9.17) is 5.11 Å². The van der Waals surface area contributed by atoms with Crippen molar-refractivity contribution in [1.82, 2.24) is 9.78 Å². The molecular weight excluding hydrogens is 280 g/mol. The Morgan fingerprint density at radius 3 is 2.45 bits per heavy atom. The molecule has 0 atom stereocenters. The highest BCUT2D eigenvalue weighted by molar-refractivity contribution is 5.90. The number of carbonyl (C=O) groups is 1. The van der Waals surface area contributed by atoms with Crippen molar-refractivity contribution in [1.29, 1.82) is 0 Å². The van der Waals surface area contributed by atoms with Crippen LogP contribution in [0.5, 0.6) is 0 Å². The number of rotatable bonds is 2. The lowest BCUT2D eigenvalue weighted by molar-refractivity contribution is -0.137. The number of carboxylic acids is 1. The lowest BCUT2D eigenvalue weighted by Gasteiger charge is -2.13. The van der Waals surface area contributed by atoms with Gasteiger partial charge in [0.1, 0.15) is 5.82 Å². The quantitative estimate of drug-likeness (QED) is 0.864. The number of aromatic carboxylic acids is 1. The second-order valence-electron chi connectivity index (χ2n) is 4.06. The van der Waals surface area contributed by atoms with Gasteiger partial charge in [0.05, 0.1) is 16.8 Å². The van der Waals surface area contributed by atoms with Crippen molar-refractivity contribution < 1.29 is 27.5 Å². The number of nitrogens with zero attached hydrogens (tertiary/aromatic N) is 2. The van der Waals surface area contributed by atoms with E-state index in [1.54, 1.807) is 0 Å². The first-order valence-corrected chi connectivity index (χ1v) is 5.34. The first-order chi connectivity index (χ1) is 9.20. The summed E-state index contributed by atoms with van der Waals surface area (Å²) in [7, 11) is 1.50. The Morgan fingerprint density at radius 1 is 1.35 bits per heavy atom. The summed E-state index contributed by atoms with van der Waals surface area (Å²) in [6.45, 7) is 0. The molecule has 0 aliphatic carbocycles. The van der Waals surface area contributed by atoms with E-state index < -0.39 is 34.7 Å². The second-order valence-corrected chi connectivity index (χ2v) is 4.06. The van der Waals surface area contributed by atoms with Crippen molar-refractivity contribution >= 4 is 5.97 Å². The summed E-state index contributed by atoms with van der Waals surface area (Å²) in [6, 6.07) is 2.10. The molecule has 2 aromatic rings. The van der Waals surface area contributed by atoms with Crippen LogP contribution in [-0.2, 0) is 13.2 Å². The summed E-state index contributed by atoms with van der Waals surface area (Å²) in [5, 5.41) is 12.6. The Bertz CT molecular complexity index is 677. The van der Waals surface area contributed by atoms with Gasteiger partial charge < -0.3 is 5.11 Å². The number of benzene rings is 1. The molecule has 0 bridgehead atoms. The molecule has 0 unspecified atom stereocenters. The Morgan fingerprint density at radius 2 is 2.00 bits per heavy atom. The number of aromatic nitrogens is 2. The molecule has 8 heteroatoms. The highest BCUT2D eigenvalue weighted by atomic mass is 19.4. The van der Waals surface area contributed by atoms with Crippen molar-refractivity contribution in [2.75, 3.05) is 0 Å². The maximum Gasteiger partial charge on any atom is 0.417 e. The van der Waals surface area contributed by atoms with E-state index in [0.29, 0.717) is 6.07 Å². The maximum absolute atomic E-state index is 13.4. The number of alkyl halides is 3. The van der Waals surface area contributed by atoms with Crippen molar-refractivity contribution in [3.8, 4) is 11.3 Å². The van der Waals surface area contributed by atoms with Gasteiger partial charge in [0.2, 0.25) is 0 Å². The lowest BCUT2D eigenvalue weighted by Crippen LogP contribution is -2.11. The van der Waals surface area contributed by atoms with Crippen molar-refractivity contribution in [3.05, 3.63) is 41.3 Å². The van der Waals surface area contributed by atoms with Gasteiger partial charge in [0, 0.05) is 18.8 Å². The molecule has 2 rings (SSSR count). The van der Waals surface area contributed by atoms with Crippen molar-refractivity contribution in [3.63, 3.8) is 0 Å². The summed E-state index contributed by atoms with van der Waals surface area (Å²) < 4.78 is 53.4. The SMILES string of the molecule is Cn1ccc(-c2cc(C(=O)O)c(F)cc2C(F)(F)F)n1. The predicted octanol–water partition coefficient (Wildman–Crippen LogP) is 2.94. The zero-order chi connectivity index (χ0) is 15.1. The van der Waals surface area contributed by atoms with Crippen LogP contribution in [0.15, 0.2) is 24.4 Å². The van der Waals surface area contributed by atoms with Crippen LogP contribution in [0.4, 0.5) is 17.6 Å². The van der Waals surface area contributed by atoms with Gasteiger partial charge in [0.15, 0.2) is 0 Å². The molecule has 0 aliphatic rings. The van der Waals surface area contributed by atoms with E-state index in [1.165, 1.54) is 24.0 Å². The van der Waals surface area contributed by atoms with Gasteiger partial charge in [-0.2, -0.15) is 18.3 Å². The average Bonchev–Trinajstić information content (AvgIpc) is 2.73. The van der Waals surface area contributed by atoms with Gasteiger partial charge in [-0.1, -0.05) is 0 Å². The van der Waals surface area contributed by atoms with Gasteiger partial charge >= 0.3 is 12.1 Å². The second kappa shape index (κ2) is 4.62.